The molecule has 1 fully saturated rings. The maximum absolute atomic E-state index is 14.4. The average Bonchev–Trinajstić information content (AvgIpc) is 2.54. The number of nitrogens with zero attached hydrogens (tertiary/aromatic N) is 4. The predicted octanol–water partition coefficient (Wildman–Crippen LogP) is 4.21. The molecule has 2 aromatic rings. The Morgan fingerprint density at radius 2 is 2.03 bits per heavy atom. The lowest BCUT2D eigenvalue weighted by atomic mass is 10.0. The van der Waals surface area contributed by atoms with Crippen LogP contribution in [0.4, 0.5) is 23.8 Å². The molecule has 0 aromatic carbocycles. The second-order valence-corrected chi connectivity index (χ2v) is 8.42. The highest BCUT2D eigenvalue weighted by Gasteiger charge is 2.42. The van der Waals surface area contributed by atoms with Crippen molar-refractivity contribution in [3.63, 3.8) is 0 Å². The van der Waals surface area contributed by atoms with Crippen LogP contribution in [-0.2, 0) is 4.74 Å². The molecule has 12 heteroatoms. The van der Waals surface area contributed by atoms with Gasteiger partial charge >= 0.3 is 6.09 Å². The minimum absolute atomic E-state index is 0.0263. The van der Waals surface area contributed by atoms with E-state index in [1.807, 2.05) is 0 Å². The lowest BCUT2D eigenvalue weighted by molar-refractivity contribution is -0.0231. The SMILES string of the molecule is CC(C)(C)OC(=O)NC1CN(c2nc(Cl)nc3c(F)c(Cl)ncc23)CC(F)(F)C1. The standard InChI is InChI=1S/C17H18Cl2F3N5O2/c1-16(2,3)29-15(28)24-8-4-17(21,22)7-27(6-8)13-9-5-23-12(18)10(20)11(9)25-14(19)26-13/h5,8H,4,6-7H2,1-3H3,(H,24,28). The molecule has 1 N–H and O–H groups in total. The zero-order valence-corrected chi connectivity index (χ0v) is 17.3. The number of carbonyl (C=O) groups excluding carboxylic acids is 1. The van der Waals surface area contributed by atoms with Crippen molar-refractivity contribution in [2.24, 2.45) is 0 Å². The van der Waals surface area contributed by atoms with Gasteiger partial charge in [-0.2, -0.15) is 4.98 Å². The van der Waals surface area contributed by atoms with Crippen LogP contribution in [0.15, 0.2) is 6.20 Å². The van der Waals surface area contributed by atoms with Gasteiger partial charge in [-0.3, -0.25) is 0 Å². The fourth-order valence-electron chi connectivity index (χ4n) is 3.07. The number of alkyl halides is 2. The minimum Gasteiger partial charge on any atom is -0.444 e. The Balaban J connectivity index is 1.94. The number of aromatic nitrogens is 3. The van der Waals surface area contributed by atoms with Crippen LogP contribution in [0.5, 0.6) is 0 Å². The van der Waals surface area contributed by atoms with Crippen LogP contribution in [0.25, 0.3) is 10.9 Å². The van der Waals surface area contributed by atoms with E-state index in [4.69, 9.17) is 27.9 Å². The van der Waals surface area contributed by atoms with Gasteiger partial charge in [-0.15, -0.1) is 0 Å². The second kappa shape index (κ2) is 7.64. The number of anilines is 1. The zero-order valence-electron chi connectivity index (χ0n) is 15.8. The smallest absolute Gasteiger partial charge is 0.407 e. The Bertz CT molecular complexity index is 955. The average molecular weight is 452 g/mol. The van der Waals surface area contributed by atoms with Gasteiger partial charge in [0.25, 0.3) is 5.92 Å². The van der Waals surface area contributed by atoms with Crippen LogP contribution >= 0.6 is 23.2 Å². The number of pyridine rings is 1. The molecule has 158 valence electrons. The minimum atomic E-state index is -3.15. The summed E-state index contributed by atoms with van der Waals surface area (Å²) in [6.45, 7) is 4.26. The molecule has 1 saturated heterocycles. The molecule has 3 rings (SSSR count). The van der Waals surface area contributed by atoms with Crippen molar-refractivity contribution in [3.05, 3.63) is 22.5 Å². The topological polar surface area (TPSA) is 80.2 Å². The van der Waals surface area contributed by atoms with Gasteiger partial charge in [0.15, 0.2) is 11.0 Å². The number of carbonyl (C=O) groups is 1. The molecule has 0 aliphatic carbocycles. The summed E-state index contributed by atoms with van der Waals surface area (Å²) in [4.78, 5) is 24.7. The first kappa shape index (κ1) is 21.6. The highest BCUT2D eigenvalue weighted by molar-refractivity contribution is 6.30. The van der Waals surface area contributed by atoms with Crippen molar-refractivity contribution in [2.75, 3.05) is 18.0 Å². The van der Waals surface area contributed by atoms with Gasteiger partial charge in [0.05, 0.1) is 18.0 Å². The van der Waals surface area contributed by atoms with E-state index in [2.05, 4.69) is 20.3 Å². The molecule has 1 unspecified atom stereocenters. The van der Waals surface area contributed by atoms with Crippen LogP contribution in [0.1, 0.15) is 27.2 Å². The van der Waals surface area contributed by atoms with Gasteiger partial charge in [0.1, 0.15) is 16.9 Å². The van der Waals surface area contributed by atoms with Crippen molar-refractivity contribution < 1.29 is 22.7 Å². The number of nitrogens with one attached hydrogen (secondary N) is 1. The van der Waals surface area contributed by atoms with Crippen LogP contribution in [0, 0.1) is 5.82 Å². The number of hydrogen-bond acceptors (Lipinski definition) is 6. The van der Waals surface area contributed by atoms with Crippen molar-refractivity contribution in [1.29, 1.82) is 0 Å². The molecule has 7 nitrogen and oxygen atoms in total. The molecule has 0 spiro atoms. The molecule has 29 heavy (non-hydrogen) atoms. The maximum atomic E-state index is 14.4. The first-order valence-electron chi connectivity index (χ1n) is 8.64. The summed E-state index contributed by atoms with van der Waals surface area (Å²) in [5, 5.41) is 1.76. The molecule has 1 atom stereocenters. The lowest BCUT2D eigenvalue weighted by Gasteiger charge is -2.38. The van der Waals surface area contributed by atoms with Crippen molar-refractivity contribution in [1.82, 2.24) is 20.3 Å². The maximum Gasteiger partial charge on any atom is 0.407 e. The number of halogens is 5. The summed E-state index contributed by atoms with van der Waals surface area (Å²) in [6, 6.07) is -0.942. The summed E-state index contributed by atoms with van der Waals surface area (Å²) < 4.78 is 48.2. The molecular weight excluding hydrogens is 434 g/mol. The number of fused-ring (bicyclic) bond motifs is 1. The first-order chi connectivity index (χ1) is 13.3. The number of rotatable bonds is 2. The van der Waals surface area contributed by atoms with Crippen molar-refractivity contribution >= 4 is 46.0 Å². The quantitative estimate of drug-likeness (QED) is 0.544. The van der Waals surface area contributed by atoms with E-state index in [-0.39, 0.29) is 28.5 Å². The third-order valence-corrected chi connectivity index (χ3v) is 4.46. The van der Waals surface area contributed by atoms with Crippen LogP contribution in [0.2, 0.25) is 10.4 Å². The molecule has 1 amide bonds. The highest BCUT2D eigenvalue weighted by Crippen LogP contribution is 2.34. The monoisotopic (exact) mass is 451 g/mol. The van der Waals surface area contributed by atoms with Gasteiger partial charge in [-0.05, 0) is 32.4 Å². The number of hydrogen-bond donors (Lipinski definition) is 1. The van der Waals surface area contributed by atoms with E-state index in [0.29, 0.717) is 0 Å². The van der Waals surface area contributed by atoms with Crippen molar-refractivity contribution in [2.45, 2.75) is 44.8 Å². The van der Waals surface area contributed by atoms with E-state index in [0.717, 1.165) is 0 Å². The summed E-state index contributed by atoms with van der Waals surface area (Å²) in [7, 11) is 0. The normalized spacial score (nSPS) is 19.3. The van der Waals surface area contributed by atoms with Crippen LogP contribution < -0.4 is 10.2 Å². The lowest BCUT2D eigenvalue weighted by Crippen LogP contribution is -2.56. The summed E-state index contributed by atoms with van der Waals surface area (Å²) in [5.41, 5.74) is -1.01. The third kappa shape index (κ3) is 5.11. The third-order valence-electron chi connectivity index (χ3n) is 4.02. The molecule has 0 radical (unpaired) electrons. The van der Waals surface area contributed by atoms with E-state index in [1.165, 1.54) is 11.1 Å². The van der Waals surface area contributed by atoms with Gasteiger partial charge < -0.3 is 15.0 Å². The molecule has 1 aliphatic heterocycles. The molecular formula is C17H18Cl2F3N5O2. The number of alkyl carbamates (subject to hydrolysis) is 1. The zero-order chi connectivity index (χ0) is 21.6. The van der Waals surface area contributed by atoms with E-state index >= 15 is 0 Å². The Kier molecular flexibility index (Phi) is 5.70. The van der Waals surface area contributed by atoms with Gasteiger partial charge in [-0.25, -0.2) is 27.9 Å². The Morgan fingerprint density at radius 3 is 2.69 bits per heavy atom. The van der Waals surface area contributed by atoms with Gasteiger partial charge in [0, 0.05) is 19.2 Å². The molecule has 1 aliphatic rings. The van der Waals surface area contributed by atoms with Crippen LogP contribution in [-0.4, -0.2) is 51.7 Å². The Hall–Kier alpha value is -2.07. The van der Waals surface area contributed by atoms with Crippen molar-refractivity contribution in [3.8, 4) is 0 Å². The molecule has 3 heterocycles. The fourth-order valence-corrected chi connectivity index (χ4v) is 3.37. The van der Waals surface area contributed by atoms with E-state index in [1.54, 1.807) is 20.8 Å². The number of amides is 1. The summed E-state index contributed by atoms with van der Waals surface area (Å²) >= 11 is 11.5. The molecule has 0 bridgehead atoms. The van der Waals surface area contributed by atoms with E-state index < -0.39 is 47.6 Å². The highest BCUT2D eigenvalue weighted by atomic mass is 35.5. The fraction of sp³-hybridized carbons (Fsp3) is 0.529. The Morgan fingerprint density at radius 1 is 1.34 bits per heavy atom. The molecule has 2 aromatic heterocycles. The van der Waals surface area contributed by atoms with Gasteiger partial charge in [-0.1, -0.05) is 11.6 Å². The first-order valence-corrected chi connectivity index (χ1v) is 9.40. The number of ether oxygens (including phenoxy) is 1. The number of piperidine rings is 1. The second-order valence-electron chi connectivity index (χ2n) is 7.73. The largest absolute Gasteiger partial charge is 0.444 e. The van der Waals surface area contributed by atoms with Crippen LogP contribution in [0.3, 0.4) is 0 Å². The Labute approximate surface area is 174 Å². The van der Waals surface area contributed by atoms with E-state index in [9.17, 15) is 18.0 Å². The molecule has 0 saturated carbocycles. The summed E-state index contributed by atoms with van der Waals surface area (Å²) in [6.07, 6.45) is -0.210. The predicted molar refractivity (Wildman–Crippen MR) is 102 cm³/mol. The summed E-state index contributed by atoms with van der Waals surface area (Å²) in [5.74, 6) is -4.11. The van der Waals surface area contributed by atoms with Gasteiger partial charge in [0.2, 0.25) is 5.28 Å².